The molecule has 0 aliphatic heterocycles. The normalized spacial score (nSPS) is 17.1. The molecule has 6 heteroatoms. The largest absolute Gasteiger partial charge is 0.481 e. The molecule has 1 aliphatic carbocycles. The molecule has 2 rings (SSSR count). The molecule has 2 N–H and O–H groups in total. The molecule has 1 aliphatic rings. The van der Waals surface area contributed by atoms with Crippen LogP contribution in [0.15, 0.2) is 18.3 Å². The van der Waals surface area contributed by atoms with E-state index in [9.17, 15) is 14.7 Å². The number of carboxylic acids is 1. The molecule has 0 radical (unpaired) electrons. The van der Waals surface area contributed by atoms with Gasteiger partial charge in [0.2, 0.25) is 0 Å². The molecule has 1 fully saturated rings. The highest BCUT2D eigenvalue weighted by atomic mass is 35.5. The van der Waals surface area contributed by atoms with Crippen LogP contribution in [0.5, 0.6) is 0 Å². The molecule has 0 saturated heterocycles. The van der Waals surface area contributed by atoms with Crippen molar-refractivity contribution in [1.82, 2.24) is 10.3 Å². The Hall–Kier alpha value is -1.62. The van der Waals surface area contributed by atoms with Crippen molar-refractivity contribution < 1.29 is 14.7 Å². The van der Waals surface area contributed by atoms with Crippen molar-refractivity contribution >= 4 is 23.5 Å². The van der Waals surface area contributed by atoms with Gasteiger partial charge in [0.25, 0.3) is 5.91 Å². The fourth-order valence-corrected chi connectivity index (χ4v) is 2.59. The Balaban J connectivity index is 2.02. The van der Waals surface area contributed by atoms with Crippen LogP contribution in [0.2, 0.25) is 5.15 Å². The van der Waals surface area contributed by atoms with E-state index < -0.39 is 11.4 Å². The Morgan fingerprint density at radius 2 is 2.11 bits per heavy atom. The van der Waals surface area contributed by atoms with Gasteiger partial charge in [0.15, 0.2) is 0 Å². The van der Waals surface area contributed by atoms with Gasteiger partial charge in [-0.05, 0) is 25.0 Å². The van der Waals surface area contributed by atoms with Crippen LogP contribution in [0.4, 0.5) is 0 Å². The van der Waals surface area contributed by atoms with Crippen LogP contribution in [0, 0.1) is 5.41 Å². The third-order valence-corrected chi connectivity index (χ3v) is 3.80. The fourth-order valence-electron chi connectivity index (χ4n) is 2.41. The summed E-state index contributed by atoms with van der Waals surface area (Å²) in [7, 11) is 0. The van der Waals surface area contributed by atoms with E-state index in [2.05, 4.69) is 10.3 Å². The third-order valence-electron chi connectivity index (χ3n) is 3.59. The van der Waals surface area contributed by atoms with Gasteiger partial charge in [-0.15, -0.1) is 0 Å². The van der Waals surface area contributed by atoms with Gasteiger partial charge in [0.1, 0.15) is 5.15 Å². The van der Waals surface area contributed by atoms with E-state index in [0.717, 1.165) is 12.8 Å². The average Bonchev–Trinajstić information content (AvgIpc) is 2.86. The minimum atomic E-state index is -0.835. The maximum atomic E-state index is 11.9. The molecule has 1 amide bonds. The van der Waals surface area contributed by atoms with Crippen molar-refractivity contribution in [1.29, 1.82) is 0 Å². The van der Waals surface area contributed by atoms with Crippen molar-refractivity contribution in [2.24, 2.45) is 5.41 Å². The maximum Gasteiger partial charge on any atom is 0.311 e. The first kappa shape index (κ1) is 13.8. The van der Waals surface area contributed by atoms with E-state index in [4.69, 9.17) is 11.6 Å². The summed E-state index contributed by atoms with van der Waals surface area (Å²) in [6.07, 6.45) is 4.45. The molecule has 102 valence electrons. The highest BCUT2D eigenvalue weighted by molar-refractivity contribution is 6.29. The van der Waals surface area contributed by atoms with Gasteiger partial charge < -0.3 is 10.4 Å². The van der Waals surface area contributed by atoms with Crippen LogP contribution in [-0.2, 0) is 4.79 Å². The molecule has 5 nitrogen and oxygen atoms in total. The molecule has 1 saturated carbocycles. The van der Waals surface area contributed by atoms with Gasteiger partial charge in [-0.25, -0.2) is 4.98 Å². The standard InChI is InChI=1S/C13H15ClN2O3/c14-10-7-9(3-6-15-10)11(17)16-8-13(12(18)19)4-1-2-5-13/h3,6-7H,1-2,4-5,8H2,(H,16,17)(H,18,19). The molecule has 1 heterocycles. The van der Waals surface area contributed by atoms with Crippen molar-refractivity contribution in [2.45, 2.75) is 25.7 Å². The number of carbonyl (C=O) groups is 2. The second-order valence-corrected chi connectivity index (χ2v) is 5.23. The van der Waals surface area contributed by atoms with Gasteiger partial charge in [0.05, 0.1) is 5.41 Å². The monoisotopic (exact) mass is 282 g/mol. The molecule has 0 aromatic carbocycles. The quantitative estimate of drug-likeness (QED) is 0.829. The molecule has 19 heavy (non-hydrogen) atoms. The minimum absolute atomic E-state index is 0.154. The van der Waals surface area contributed by atoms with Crippen LogP contribution < -0.4 is 5.32 Å². The number of halogens is 1. The number of carbonyl (C=O) groups excluding carboxylic acids is 1. The van der Waals surface area contributed by atoms with Crippen molar-refractivity contribution in [3.63, 3.8) is 0 Å². The Bertz CT molecular complexity index is 498. The number of pyridine rings is 1. The molecule has 0 spiro atoms. The van der Waals surface area contributed by atoms with E-state index in [1.54, 1.807) is 6.07 Å². The number of rotatable bonds is 4. The summed E-state index contributed by atoms with van der Waals surface area (Å²) in [6.45, 7) is 0.154. The van der Waals surface area contributed by atoms with Crippen LogP contribution in [0.3, 0.4) is 0 Å². The zero-order valence-electron chi connectivity index (χ0n) is 10.4. The molecular formula is C13H15ClN2O3. The average molecular weight is 283 g/mol. The van der Waals surface area contributed by atoms with Gasteiger partial charge in [-0.3, -0.25) is 9.59 Å². The molecular weight excluding hydrogens is 268 g/mol. The van der Waals surface area contributed by atoms with Gasteiger partial charge in [-0.1, -0.05) is 24.4 Å². The highest BCUT2D eigenvalue weighted by Gasteiger charge is 2.41. The summed E-state index contributed by atoms with van der Waals surface area (Å²) in [4.78, 5) is 27.1. The molecule has 0 unspecified atom stereocenters. The Labute approximate surface area is 116 Å². The summed E-state index contributed by atoms with van der Waals surface area (Å²) in [5.41, 5.74) is -0.425. The number of amides is 1. The number of hydrogen-bond acceptors (Lipinski definition) is 3. The SMILES string of the molecule is O=C(NCC1(C(=O)O)CCCC1)c1ccnc(Cl)c1. The predicted octanol–water partition coefficient (Wildman–Crippen LogP) is 2.11. The molecule has 1 aromatic rings. The summed E-state index contributed by atoms with van der Waals surface area (Å²) >= 11 is 5.71. The zero-order chi connectivity index (χ0) is 13.9. The third kappa shape index (κ3) is 3.04. The lowest BCUT2D eigenvalue weighted by molar-refractivity contribution is -0.148. The Morgan fingerprint density at radius 3 is 2.68 bits per heavy atom. The van der Waals surface area contributed by atoms with E-state index in [0.29, 0.717) is 18.4 Å². The van der Waals surface area contributed by atoms with Crippen LogP contribution in [0.25, 0.3) is 0 Å². The predicted molar refractivity (Wildman–Crippen MR) is 70.1 cm³/mol. The molecule has 0 atom stereocenters. The smallest absolute Gasteiger partial charge is 0.311 e. The second kappa shape index (κ2) is 5.57. The van der Waals surface area contributed by atoms with E-state index >= 15 is 0 Å². The number of aromatic nitrogens is 1. The lowest BCUT2D eigenvalue weighted by Crippen LogP contribution is -2.41. The summed E-state index contributed by atoms with van der Waals surface area (Å²) in [5.74, 6) is -1.16. The minimum Gasteiger partial charge on any atom is -0.481 e. The summed E-state index contributed by atoms with van der Waals surface area (Å²) < 4.78 is 0. The first-order valence-electron chi connectivity index (χ1n) is 6.17. The first-order valence-corrected chi connectivity index (χ1v) is 6.54. The van der Waals surface area contributed by atoms with Gasteiger partial charge >= 0.3 is 5.97 Å². The number of carboxylic acid groups (broad SMARTS) is 1. The first-order chi connectivity index (χ1) is 9.03. The number of hydrogen-bond donors (Lipinski definition) is 2. The van der Waals surface area contributed by atoms with E-state index in [1.165, 1.54) is 12.3 Å². The number of aliphatic carboxylic acids is 1. The molecule has 1 aromatic heterocycles. The zero-order valence-corrected chi connectivity index (χ0v) is 11.1. The van der Waals surface area contributed by atoms with E-state index in [-0.39, 0.29) is 17.6 Å². The van der Waals surface area contributed by atoms with E-state index in [1.807, 2.05) is 0 Å². The topological polar surface area (TPSA) is 79.3 Å². The van der Waals surface area contributed by atoms with Crippen LogP contribution >= 0.6 is 11.6 Å². The van der Waals surface area contributed by atoms with Crippen molar-refractivity contribution in [2.75, 3.05) is 6.54 Å². The fraction of sp³-hybridized carbons (Fsp3) is 0.462. The van der Waals surface area contributed by atoms with Gasteiger partial charge in [0, 0.05) is 18.3 Å². The summed E-state index contributed by atoms with van der Waals surface area (Å²) in [6, 6.07) is 3.00. The van der Waals surface area contributed by atoms with Crippen LogP contribution in [0.1, 0.15) is 36.0 Å². The lowest BCUT2D eigenvalue weighted by atomic mass is 9.86. The van der Waals surface area contributed by atoms with Crippen molar-refractivity contribution in [3.05, 3.63) is 29.0 Å². The summed E-state index contributed by atoms with van der Waals surface area (Å²) in [5, 5.41) is 12.2. The van der Waals surface area contributed by atoms with Gasteiger partial charge in [-0.2, -0.15) is 0 Å². The number of nitrogens with one attached hydrogen (secondary N) is 1. The second-order valence-electron chi connectivity index (χ2n) is 4.84. The Kier molecular flexibility index (Phi) is 4.04. The highest BCUT2D eigenvalue weighted by Crippen LogP contribution is 2.37. The maximum absolute atomic E-state index is 11.9. The van der Waals surface area contributed by atoms with Crippen molar-refractivity contribution in [3.8, 4) is 0 Å². The number of nitrogens with zero attached hydrogens (tertiary/aromatic N) is 1. The molecule has 0 bridgehead atoms. The van der Waals surface area contributed by atoms with Crippen LogP contribution in [-0.4, -0.2) is 28.5 Å². The Morgan fingerprint density at radius 1 is 1.42 bits per heavy atom. The lowest BCUT2D eigenvalue weighted by Gasteiger charge is -2.23.